The summed E-state index contributed by atoms with van der Waals surface area (Å²) in [7, 11) is 8.50. The van der Waals surface area contributed by atoms with Crippen molar-refractivity contribution in [3.8, 4) is 44.9 Å². The van der Waals surface area contributed by atoms with Crippen molar-refractivity contribution in [1.82, 2.24) is 0 Å². The van der Waals surface area contributed by atoms with Crippen molar-refractivity contribution in [3.63, 3.8) is 0 Å². The Hall–Kier alpha value is -3.23. The van der Waals surface area contributed by atoms with E-state index in [0.717, 1.165) is 47.0 Å². The first kappa shape index (κ1) is 50.2. The number of furan rings is 2. The third-order valence-electron chi connectivity index (χ3n) is 12.3. The molecule has 0 amide bonds. The van der Waals surface area contributed by atoms with Crippen LogP contribution in [0.15, 0.2) is 106 Å². The van der Waals surface area contributed by atoms with Crippen LogP contribution in [-0.4, -0.2) is 21.6 Å². The van der Waals surface area contributed by atoms with Crippen LogP contribution in [0.5, 0.6) is 0 Å². The molecule has 0 saturated carbocycles. The minimum absolute atomic E-state index is 0.224. The van der Waals surface area contributed by atoms with Crippen LogP contribution in [0.2, 0.25) is 52.4 Å². The molecule has 2 aromatic heterocycles. The van der Waals surface area contributed by atoms with Crippen molar-refractivity contribution in [1.29, 1.82) is 0 Å². The fourth-order valence-electron chi connectivity index (χ4n) is 9.97. The maximum absolute atomic E-state index is 5.90. The average Bonchev–Trinajstić information content (AvgIpc) is 4.02. The molecule has 6 aromatic carbocycles. The van der Waals surface area contributed by atoms with Crippen molar-refractivity contribution in [2.75, 3.05) is 0 Å². The molecular weight excluding hydrogens is 951 g/mol. The van der Waals surface area contributed by atoms with Crippen molar-refractivity contribution >= 4 is 70.5 Å². The second-order valence-electron chi connectivity index (χ2n) is 20.0. The van der Waals surface area contributed by atoms with Crippen LogP contribution in [-0.2, 0) is 30.8 Å². The van der Waals surface area contributed by atoms with Gasteiger partial charge in [0.15, 0.2) is 0 Å². The van der Waals surface area contributed by atoms with E-state index in [0.29, 0.717) is 0 Å². The van der Waals surface area contributed by atoms with Gasteiger partial charge in [0, 0.05) is 0 Å². The summed E-state index contributed by atoms with van der Waals surface area (Å²) in [5.41, 5.74) is 16.1. The van der Waals surface area contributed by atoms with E-state index in [1.54, 1.807) is 10.4 Å². The Labute approximate surface area is 401 Å². The Morgan fingerprint density at radius 2 is 0.844 bits per heavy atom. The van der Waals surface area contributed by atoms with Crippen molar-refractivity contribution in [3.05, 3.63) is 142 Å². The molecule has 2 heterocycles. The summed E-state index contributed by atoms with van der Waals surface area (Å²) in [6.07, 6.45) is 2.05. The molecule has 8 aromatic rings. The fourth-order valence-corrected chi connectivity index (χ4v) is 15.0. The molecule has 8 heteroatoms. The molecule has 0 aliphatic rings. The van der Waals surface area contributed by atoms with Gasteiger partial charge in [-0.1, -0.05) is 144 Å². The third kappa shape index (κ3) is 11.1. The van der Waals surface area contributed by atoms with Gasteiger partial charge >= 0.3 is 53.5 Å². The van der Waals surface area contributed by atoms with Gasteiger partial charge < -0.3 is 8.83 Å². The molecule has 8 rings (SSSR count). The summed E-state index contributed by atoms with van der Waals surface area (Å²) < 4.78 is 11.8. The standard InChI is InChI=1S/2C27H31OSi.C2H6Si.2ClH.Zr/c2*1-8-20-10-11-21-15-22(25-12-9-19(4)28-25)16-24(21)26(20)23-13-17(2)27(18(3)14-23)29(5,6)7;1-3-2;;;/h2*9-16H,8H2,1-7H3;1-2H3;2*1H;/q2*-1;;;;+2/p-2. The van der Waals surface area contributed by atoms with E-state index in [4.69, 9.17) is 25.9 Å². The van der Waals surface area contributed by atoms with Gasteiger partial charge in [0.05, 0.1) is 39.2 Å². The first-order valence-electron chi connectivity index (χ1n) is 22.8. The number of rotatable bonds is 8. The van der Waals surface area contributed by atoms with Crippen molar-refractivity contribution < 1.29 is 26.8 Å². The van der Waals surface area contributed by atoms with E-state index in [1.165, 1.54) is 77.2 Å². The Balaban J connectivity index is 0.000000189. The second-order valence-corrected chi connectivity index (χ2v) is 52.9. The zero-order valence-electron chi connectivity index (χ0n) is 41.2. The van der Waals surface area contributed by atoms with Gasteiger partial charge in [-0.05, 0) is 101 Å². The van der Waals surface area contributed by atoms with Crippen LogP contribution in [0, 0.1) is 41.5 Å². The summed E-state index contributed by atoms with van der Waals surface area (Å²) in [6.45, 7) is 36.6. The normalized spacial score (nSPS) is 11.7. The predicted octanol–water partition coefficient (Wildman–Crippen LogP) is 17.2. The molecular formula is C56H68Cl2O2Si3Zr-2. The molecule has 0 spiro atoms. The van der Waals surface area contributed by atoms with Crippen LogP contribution >= 0.6 is 17.0 Å². The summed E-state index contributed by atoms with van der Waals surface area (Å²) in [5.74, 6) is 3.80. The minimum atomic E-state index is -1.65. The van der Waals surface area contributed by atoms with Crippen molar-refractivity contribution in [2.24, 2.45) is 0 Å². The number of aryl methyl sites for hydroxylation is 8. The van der Waals surface area contributed by atoms with Gasteiger partial charge in [-0.3, -0.25) is 0 Å². The van der Waals surface area contributed by atoms with Gasteiger partial charge in [-0.25, -0.2) is 0 Å². The Kier molecular flexibility index (Phi) is 15.9. The van der Waals surface area contributed by atoms with E-state index in [-0.39, 0.29) is 5.43 Å². The Morgan fingerprint density at radius 3 is 1.09 bits per heavy atom. The van der Waals surface area contributed by atoms with E-state index in [2.05, 4.69) is 179 Å². The quantitative estimate of drug-likeness (QED) is 0.112. The molecule has 0 fully saturated rings. The van der Waals surface area contributed by atoms with Crippen LogP contribution in [0.3, 0.4) is 0 Å². The number of halogens is 2. The SMILES string of the molecule is CCc1ccc2[cH-]c(-c3ccc(C)o3)cc2c1-c1cc(C)c([Si](C)(C)C)c(C)c1.CCc1ccc2[cH-]c(-c3ccc(C)o3)cc2c1-c1cc(C)c([Si](C)(C)C)c(C)c1.C[Si](C)=[Zr]([Cl])[Cl]. The number of benzene rings is 4. The van der Waals surface area contributed by atoms with Crippen molar-refractivity contribution in [2.45, 2.75) is 121 Å². The summed E-state index contributed by atoms with van der Waals surface area (Å²) in [6, 6.07) is 36.1. The van der Waals surface area contributed by atoms with Crippen LogP contribution in [0.1, 0.15) is 58.7 Å². The molecule has 0 atom stereocenters. The molecule has 0 unspecified atom stereocenters. The molecule has 0 aliphatic carbocycles. The third-order valence-corrected chi connectivity index (χ3v) is 36.6. The zero-order valence-corrected chi connectivity index (χ0v) is 48.2. The summed E-state index contributed by atoms with van der Waals surface area (Å²) in [4.78, 5) is 0. The molecule has 2 nitrogen and oxygen atoms in total. The maximum atomic E-state index is 5.90. The second kappa shape index (κ2) is 20.3. The monoisotopic (exact) mass is 1020 g/mol. The van der Waals surface area contributed by atoms with E-state index < -0.39 is 34.1 Å². The van der Waals surface area contributed by atoms with Gasteiger partial charge in [-0.2, -0.15) is 0 Å². The van der Waals surface area contributed by atoms with Gasteiger partial charge in [0.2, 0.25) is 0 Å². The topological polar surface area (TPSA) is 26.3 Å². The molecule has 0 radical (unpaired) electrons. The van der Waals surface area contributed by atoms with E-state index in [1.807, 2.05) is 26.0 Å². The average molecular weight is 1020 g/mol. The first-order chi connectivity index (χ1) is 30.0. The molecule has 336 valence electrons. The summed E-state index contributed by atoms with van der Waals surface area (Å²) in [5, 5.41) is 8.42. The van der Waals surface area contributed by atoms with Crippen LogP contribution in [0.4, 0.5) is 0 Å². The Bertz CT molecular complexity index is 2740. The van der Waals surface area contributed by atoms with E-state index in [9.17, 15) is 0 Å². The molecule has 0 bridgehead atoms. The first-order valence-corrected chi connectivity index (χ1v) is 42.3. The van der Waals surface area contributed by atoms with Gasteiger partial charge in [0.25, 0.3) is 0 Å². The van der Waals surface area contributed by atoms with Crippen LogP contribution in [0.25, 0.3) is 66.4 Å². The molecule has 0 aliphatic heterocycles. The van der Waals surface area contributed by atoms with Gasteiger partial charge in [0.1, 0.15) is 0 Å². The number of hydrogen-bond donors (Lipinski definition) is 0. The number of hydrogen-bond acceptors (Lipinski definition) is 2. The van der Waals surface area contributed by atoms with E-state index >= 15 is 0 Å². The predicted molar refractivity (Wildman–Crippen MR) is 288 cm³/mol. The zero-order chi connectivity index (χ0) is 47.0. The molecule has 0 N–H and O–H groups in total. The summed E-state index contributed by atoms with van der Waals surface area (Å²) >= 11 is -1.65. The number of fused-ring (bicyclic) bond motifs is 2. The fraction of sp³-hybridized carbons (Fsp3) is 0.321. The Morgan fingerprint density at radius 1 is 0.516 bits per heavy atom. The van der Waals surface area contributed by atoms with Crippen LogP contribution < -0.4 is 10.4 Å². The van der Waals surface area contributed by atoms with Gasteiger partial charge in [-0.15, -0.1) is 57.9 Å². The molecule has 64 heavy (non-hydrogen) atoms. The molecule has 0 saturated heterocycles.